The van der Waals surface area contributed by atoms with Gasteiger partial charge in [0.25, 0.3) is 5.56 Å². The lowest BCUT2D eigenvalue weighted by molar-refractivity contribution is -0.276. The summed E-state index contributed by atoms with van der Waals surface area (Å²) in [6.07, 6.45) is -4.87. The number of pyridine rings is 1. The molecule has 0 amide bonds. The van der Waals surface area contributed by atoms with E-state index in [1.165, 1.54) is 20.1 Å². The summed E-state index contributed by atoms with van der Waals surface area (Å²) in [6, 6.07) is 1.17. The van der Waals surface area contributed by atoms with E-state index in [2.05, 4.69) is 9.47 Å². The van der Waals surface area contributed by atoms with Crippen molar-refractivity contribution in [2.24, 2.45) is 0 Å². The molecular weight excluding hydrogens is 215 g/mol. The Bertz CT molecular complexity index is 411. The number of H-pyrrole nitrogens is 1. The molecule has 7 heteroatoms. The number of ether oxygens (including phenoxy) is 2. The number of halogens is 3. The van der Waals surface area contributed by atoms with Crippen LogP contribution in [0.3, 0.4) is 0 Å². The van der Waals surface area contributed by atoms with Crippen LogP contribution in [0.2, 0.25) is 0 Å². The predicted molar refractivity (Wildman–Crippen MR) is 45.0 cm³/mol. The van der Waals surface area contributed by atoms with Gasteiger partial charge < -0.3 is 9.47 Å². The fraction of sp³-hybridized carbons (Fsp3) is 0.375. The molecule has 1 aromatic rings. The van der Waals surface area contributed by atoms with Crippen LogP contribution in [-0.4, -0.2) is 18.5 Å². The largest absolute Gasteiger partial charge is 0.574 e. The number of aryl methyl sites for hydroxylation is 1. The lowest BCUT2D eigenvalue weighted by Gasteiger charge is -2.11. The first-order valence-corrected chi connectivity index (χ1v) is 3.87. The lowest BCUT2D eigenvalue weighted by Crippen LogP contribution is -2.21. The number of alkyl halides is 3. The number of hydrogen-bond donors (Lipinski definition) is 1. The van der Waals surface area contributed by atoms with Gasteiger partial charge in [0.1, 0.15) is 0 Å². The van der Waals surface area contributed by atoms with Gasteiger partial charge in [-0.2, -0.15) is 0 Å². The summed E-state index contributed by atoms with van der Waals surface area (Å²) in [5.41, 5.74) is -0.420. The highest BCUT2D eigenvalue weighted by molar-refractivity contribution is 5.35. The molecule has 0 aliphatic carbocycles. The number of rotatable bonds is 2. The molecule has 0 saturated heterocycles. The van der Waals surface area contributed by atoms with Gasteiger partial charge in [0.05, 0.1) is 7.11 Å². The Balaban J connectivity index is 3.17. The summed E-state index contributed by atoms with van der Waals surface area (Å²) < 4.78 is 43.9. The van der Waals surface area contributed by atoms with Crippen LogP contribution < -0.4 is 15.0 Å². The summed E-state index contributed by atoms with van der Waals surface area (Å²) in [4.78, 5) is 13.0. The topological polar surface area (TPSA) is 51.3 Å². The van der Waals surface area contributed by atoms with Crippen LogP contribution in [-0.2, 0) is 0 Å². The average molecular weight is 223 g/mol. The number of hydrogen-bond acceptors (Lipinski definition) is 3. The minimum absolute atomic E-state index is 0.176. The highest BCUT2D eigenvalue weighted by Gasteiger charge is 2.33. The number of aromatic amines is 1. The highest BCUT2D eigenvalue weighted by Crippen LogP contribution is 2.28. The molecule has 0 bridgehead atoms. The summed E-state index contributed by atoms with van der Waals surface area (Å²) in [5.74, 6) is -0.926. The molecule has 84 valence electrons. The van der Waals surface area contributed by atoms with E-state index >= 15 is 0 Å². The molecule has 0 aliphatic rings. The molecule has 1 N–H and O–H groups in total. The third-order valence-corrected chi connectivity index (χ3v) is 1.59. The van der Waals surface area contributed by atoms with Crippen LogP contribution in [0.5, 0.6) is 11.6 Å². The van der Waals surface area contributed by atoms with Crippen molar-refractivity contribution in [2.45, 2.75) is 13.3 Å². The van der Waals surface area contributed by atoms with Gasteiger partial charge in [-0.1, -0.05) is 0 Å². The van der Waals surface area contributed by atoms with E-state index in [0.29, 0.717) is 0 Å². The van der Waals surface area contributed by atoms with E-state index in [9.17, 15) is 18.0 Å². The van der Waals surface area contributed by atoms with E-state index in [1.807, 2.05) is 4.98 Å². The van der Waals surface area contributed by atoms with Gasteiger partial charge in [-0.25, -0.2) is 0 Å². The first-order chi connectivity index (χ1) is 6.83. The van der Waals surface area contributed by atoms with Crippen LogP contribution >= 0.6 is 0 Å². The van der Waals surface area contributed by atoms with E-state index < -0.39 is 17.8 Å². The number of nitrogens with one attached hydrogen (secondary N) is 1. The molecule has 4 nitrogen and oxygen atoms in total. The quantitative estimate of drug-likeness (QED) is 0.828. The third-order valence-electron chi connectivity index (χ3n) is 1.59. The van der Waals surface area contributed by atoms with Crippen molar-refractivity contribution < 1.29 is 22.6 Å². The molecular formula is C8H8F3NO3. The van der Waals surface area contributed by atoms with Gasteiger partial charge in [-0.3, -0.25) is 9.78 Å². The van der Waals surface area contributed by atoms with Crippen molar-refractivity contribution in [3.8, 4) is 11.6 Å². The molecule has 1 rings (SSSR count). The minimum Gasteiger partial charge on any atom is -0.491 e. The second-order valence-corrected chi connectivity index (χ2v) is 2.73. The summed E-state index contributed by atoms with van der Waals surface area (Å²) in [6.45, 7) is 1.44. The van der Waals surface area contributed by atoms with Crippen molar-refractivity contribution in [3.05, 3.63) is 22.0 Å². The Morgan fingerprint density at radius 3 is 2.47 bits per heavy atom. The van der Waals surface area contributed by atoms with E-state index in [0.717, 1.165) is 0 Å². The molecule has 0 radical (unpaired) electrons. The predicted octanol–water partition coefficient (Wildman–Crippen LogP) is 1.59. The summed E-state index contributed by atoms with van der Waals surface area (Å²) >= 11 is 0. The molecule has 0 saturated carbocycles. The zero-order chi connectivity index (χ0) is 11.6. The number of aromatic nitrogens is 1. The van der Waals surface area contributed by atoms with Gasteiger partial charge in [0, 0.05) is 5.56 Å². The van der Waals surface area contributed by atoms with Crippen molar-refractivity contribution in [3.63, 3.8) is 0 Å². The first kappa shape index (κ1) is 11.4. The monoisotopic (exact) mass is 223 g/mol. The van der Waals surface area contributed by atoms with Crippen LogP contribution in [0.25, 0.3) is 0 Å². The van der Waals surface area contributed by atoms with E-state index in [4.69, 9.17) is 0 Å². The van der Waals surface area contributed by atoms with Crippen molar-refractivity contribution in [1.29, 1.82) is 0 Å². The minimum atomic E-state index is -4.87. The zero-order valence-corrected chi connectivity index (χ0v) is 7.94. The molecule has 0 fully saturated rings. The Kier molecular flexibility index (Phi) is 2.92. The lowest BCUT2D eigenvalue weighted by atomic mass is 10.3. The van der Waals surface area contributed by atoms with Crippen LogP contribution in [0.4, 0.5) is 13.2 Å². The van der Waals surface area contributed by atoms with Gasteiger partial charge in [-0.05, 0) is 13.0 Å². The van der Waals surface area contributed by atoms with Crippen molar-refractivity contribution in [2.75, 3.05) is 7.11 Å². The van der Waals surface area contributed by atoms with E-state index in [1.54, 1.807) is 0 Å². The van der Waals surface area contributed by atoms with Crippen LogP contribution in [0.1, 0.15) is 5.56 Å². The highest BCUT2D eigenvalue weighted by atomic mass is 19.4. The molecule has 0 unspecified atom stereocenters. The SMILES string of the molecule is COc1cc(C)c(=O)[nH]c1OC(F)(F)F. The van der Waals surface area contributed by atoms with Gasteiger partial charge >= 0.3 is 6.36 Å². The zero-order valence-electron chi connectivity index (χ0n) is 7.94. The van der Waals surface area contributed by atoms with Crippen LogP contribution in [0.15, 0.2) is 10.9 Å². The smallest absolute Gasteiger partial charge is 0.491 e. The average Bonchev–Trinajstić information content (AvgIpc) is 2.08. The van der Waals surface area contributed by atoms with Crippen LogP contribution in [0, 0.1) is 6.92 Å². The maximum absolute atomic E-state index is 11.9. The molecule has 0 aliphatic heterocycles. The number of methoxy groups -OCH3 is 1. The van der Waals surface area contributed by atoms with Gasteiger partial charge in [0.15, 0.2) is 5.75 Å². The summed E-state index contributed by atoms with van der Waals surface area (Å²) in [7, 11) is 1.18. The summed E-state index contributed by atoms with van der Waals surface area (Å²) in [5, 5.41) is 0. The maximum Gasteiger partial charge on any atom is 0.574 e. The molecule has 1 heterocycles. The second-order valence-electron chi connectivity index (χ2n) is 2.73. The van der Waals surface area contributed by atoms with Crippen molar-refractivity contribution in [1.82, 2.24) is 4.98 Å². The second kappa shape index (κ2) is 3.84. The normalized spacial score (nSPS) is 11.3. The Morgan fingerprint density at radius 2 is 2.00 bits per heavy atom. The Labute approximate surface area is 82.6 Å². The van der Waals surface area contributed by atoms with E-state index in [-0.39, 0.29) is 11.3 Å². The fourth-order valence-electron chi connectivity index (χ4n) is 0.934. The molecule has 0 aromatic carbocycles. The Hall–Kier alpha value is -1.66. The standard InChI is InChI=1S/C8H8F3NO3/c1-4-3-5(14-2)7(12-6(4)13)15-8(9,10)11/h3H,1-2H3,(H,12,13). The first-order valence-electron chi connectivity index (χ1n) is 3.87. The van der Waals surface area contributed by atoms with Gasteiger partial charge in [0.2, 0.25) is 5.88 Å². The third kappa shape index (κ3) is 2.90. The maximum atomic E-state index is 11.9. The molecule has 15 heavy (non-hydrogen) atoms. The molecule has 0 spiro atoms. The van der Waals surface area contributed by atoms with Gasteiger partial charge in [-0.15, -0.1) is 13.2 Å². The Morgan fingerprint density at radius 1 is 1.40 bits per heavy atom. The van der Waals surface area contributed by atoms with Crippen molar-refractivity contribution >= 4 is 0 Å². The fourth-order valence-corrected chi connectivity index (χ4v) is 0.934. The molecule has 0 atom stereocenters. The molecule has 1 aromatic heterocycles.